The molecule has 2 N–H and O–H groups in total. The van der Waals surface area contributed by atoms with Gasteiger partial charge in [-0.05, 0) is 30.5 Å². The maximum absolute atomic E-state index is 11.7. The van der Waals surface area contributed by atoms with Crippen molar-refractivity contribution in [3.05, 3.63) is 29.8 Å². The lowest BCUT2D eigenvalue weighted by Crippen LogP contribution is -2.30. The van der Waals surface area contributed by atoms with Crippen molar-refractivity contribution in [2.45, 2.75) is 25.1 Å². The van der Waals surface area contributed by atoms with Crippen molar-refractivity contribution < 1.29 is 9.90 Å². The van der Waals surface area contributed by atoms with Gasteiger partial charge in [0, 0.05) is 16.9 Å². The van der Waals surface area contributed by atoms with E-state index in [2.05, 4.69) is 35.1 Å². The maximum atomic E-state index is 11.7. The number of phenols is 1. The predicted molar refractivity (Wildman–Crippen MR) is 72.6 cm³/mol. The Kier molecular flexibility index (Phi) is 5.48. The number of hydrogen-bond acceptors (Lipinski definition) is 2. The van der Waals surface area contributed by atoms with Gasteiger partial charge in [-0.15, -0.1) is 0 Å². The third-order valence-electron chi connectivity index (χ3n) is 2.32. The highest BCUT2D eigenvalue weighted by atomic mass is 79.9. The van der Waals surface area contributed by atoms with E-state index in [1.807, 2.05) is 0 Å². The van der Waals surface area contributed by atoms with Crippen molar-refractivity contribution in [3.63, 3.8) is 0 Å². The fraction of sp³-hybridized carbons (Fsp3) is 0.462. The fourth-order valence-corrected chi connectivity index (χ4v) is 2.46. The Hall–Kier alpha value is -1.03. The first-order valence-electron chi connectivity index (χ1n) is 5.70. The zero-order valence-electron chi connectivity index (χ0n) is 10.1. The molecule has 94 valence electrons. The van der Waals surface area contributed by atoms with Crippen LogP contribution in [0.2, 0.25) is 0 Å². The van der Waals surface area contributed by atoms with Crippen molar-refractivity contribution in [2.75, 3.05) is 6.54 Å². The van der Waals surface area contributed by atoms with Gasteiger partial charge in [-0.3, -0.25) is 4.79 Å². The van der Waals surface area contributed by atoms with Crippen LogP contribution in [0.5, 0.6) is 5.75 Å². The molecular formula is C13H18BrNO2. The fourth-order valence-electron chi connectivity index (χ4n) is 1.55. The van der Waals surface area contributed by atoms with Gasteiger partial charge in [-0.2, -0.15) is 0 Å². The van der Waals surface area contributed by atoms with Crippen molar-refractivity contribution in [1.82, 2.24) is 5.32 Å². The van der Waals surface area contributed by atoms with E-state index < -0.39 is 0 Å². The smallest absolute Gasteiger partial charge is 0.251 e. The van der Waals surface area contributed by atoms with Crippen LogP contribution in [0.3, 0.4) is 0 Å². The highest BCUT2D eigenvalue weighted by Gasteiger charge is 2.10. The zero-order valence-corrected chi connectivity index (χ0v) is 11.7. The third-order valence-corrected chi connectivity index (χ3v) is 3.02. The molecule has 0 aromatic heterocycles. The van der Waals surface area contributed by atoms with Gasteiger partial charge in [0.2, 0.25) is 0 Å². The molecule has 0 radical (unpaired) electrons. The van der Waals surface area contributed by atoms with Gasteiger partial charge in [-0.1, -0.05) is 35.8 Å². The van der Waals surface area contributed by atoms with Crippen LogP contribution in [-0.4, -0.2) is 22.4 Å². The summed E-state index contributed by atoms with van der Waals surface area (Å²) in [6.45, 7) is 4.88. The SMILES string of the molecule is CC(C)CC(Br)CNC(=O)c1cccc(O)c1. The largest absolute Gasteiger partial charge is 0.508 e. The van der Waals surface area contributed by atoms with Crippen LogP contribution in [-0.2, 0) is 0 Å². The summed E-state index contributed by atoms with van der Waals surface area (Å²) in [6.07, 6.45) is 1.01. The summed E-state index contributed by atoms with van der Waals surface area (Å²) in [4.78, 5) is 12.0. The summed E-state index contributed by atoms with van der Waals surface area (Å²) < 4.78 is 0. The van der Waals surface area contributed by atoms with Gasteiger partial charge >= 0.3 is 0 Å². The van der Waals surface area contributed by atoms with Crippen LogP contribution >= 0.6 is 15.9 Å². The van der Waals surface area contributed by atoms with Crippen molar-refractivity contribution >= 4 is 21.8 Å². The lowest BCUT2D eigenvalue weighted by atomic mass is 10.1. The van der Waals surface area contributed by atoms with Gasteiger partial charge in [0.05, 0.1) is 0 Å². The summed E-state index contributed by atoms with van der Waals surface area (Å²) in [5.74, 6) is 0.543. The molecule has 1 unspecified atom stereocenters. The molecule has 0 aliphatic carbocycles. The highest BCUT2D eigenvalue weighted by molar-refractivity contribution is 9.09. The van der Waals surface area contributed by atoms with Crippen molar-refractivity contribution in [1.29, 1.82) is 0 Å². The Morgan fingerprint density at radius 1 is 1.47 bits per heavy atom. The van der Waals surface area contributed by atoms with Crippen LogP contribution in [0.15, 0.2) is 24.3 Å². The van der Waals surface area contributed by atoms with Crippen LogP contribution in [0.4, 0.5) is 0 Å². The second kappa shape index (κ2) is 6.64. The number of phenolic OH excluding ortho intramolecular Hbond substituents is 1. The Morgan fingerprint density at radius 3 is 2.76 bits per heavy atom. The number of aromatic hydroxyl groups is 1. The number of carbonyl (C=O) groups excluding carboxylic acids is 1. The molecule has 1 amide bonds. The molecule has 0 spiro atoms. The van der Waals surface area contributed by atoms with Gasteiger partial charge in [0.1, 0.15) is 5.75 Å². The van der Waals surface area contributed by atoms with E-state index >= 15 is 0 Å². The predicted octanol–water partition coefficient (Wildman–Crippen LogP) is 2.93. The summed E-state index contributed by atoms with van der Waals surface area (Å²) in [5, 5.41) is 12.1. The molecular weight excluding hydrogens is 282 g/mol. The minimum Gasteiger partial charge on any atom is -0.508 e. The van der Waals surface area contributed by atoms with E-state index in [1.54, 1.807) is 18.2 Å². The monoisotopic (exact) mass is 299 g/mol. The van der Waals surface area contributed by atoms with E-state index in [4.69, 9.17) is 0 Å². The lowest BCUT2D eigenvalue weighted by molar-refractivity contribution is 0.0953. The molecule has 1 rings (SSSR count). The van der Waals surface area contributed by atoms with E-state index in [0.717, 1.165) is 6.42 Å². The first-order chi connectivity index (χ1) is 7.99. The number of rotatable bonds is 5. The summed E-state index contributed by atoms with van der Waals surface area (Å²) in [5.41, 5.74) is 0.481. The molecule has 1 aromatic carbocycles. The Morgan fingerprint density at radius 2 is 2.18 bits per heavy atom. The van der Waals surface area contributed by atoms with Gasteiger partial charge in [0.15, 0.2) is 0 Å². The van der Waals surface area contributed by atoms with E-state index in [-0.39, 0.29) is 16.5 Å². The average Bonchev–Trinajstić information content (AvgIpc) is 2.25. The minimum absolute atomic E-state index is 0.107. The summed E-state index contributed by atoms with van der Waals surface area (Å²) in [6, 6.07) is 6.34. The maximum Gasteiger partial charge on any atom is 0.251 e. The quantitative estimate of drug-likeness (QED) is 0.821. The number of amides is 1. The van der Waals surface area contributed by atoms with Crippen LogP contribution in [0, 0.1) is 5.92 Å². The molecule has 0 aliphatic rings. The highest BCUT2D eigenvalue weighted by Crippen LogP contribution is 2.13. The standard InChI is InChI=1S/C13H18BrNO2/c1-9(2)6-11(14)8-15-13(17)10-4-3-5-12(16)7-10/h3-5,7,9,11,16H,6,8H2,1-2H3,(H,15,17). The topological polar surface area (TPSA) is 49.3 Å². The number of halogens is 1. The average molecular weight is 300 g/mol. The second-order valence-corrected chi connectivity index (χ2v) is 5.78. The lowest BCUT2D eigenvalue weighted by Gasteiger charge is -2.13. The van der Waals surface area contributed by atoms with Crippen molar-refractivity contribution in [3.8, 4) is 5.75 Å². The molecule has 3 nitrogen and oxygen atoms in total. The van der Waals surface area contributed by atoms with Crippen LogP contribution in [0.1, 0.15) is 30.6 Å². The number of nitrogens with one attached hydrogen (secondary N) is 1. The normalized spacial score (nSPS) is 12.5. The molecule has 1 aromatic rings. The molecule has 0 saturated heterocycles. The number of benzene rings is 1. The number of carbonyl (C=O) groups is 1. The first kappa shape index (κ1) is 14.0. The molecule has 0 aliphatic heterocycles. The minimum atomic E-state index is -0.158. The molecule has 0 heterocycles. The Labute approximate surface area is 110 Å². The van der Waals surface area contributed by atoms with E-state index in [0.29, 0.717) is 18.0 Å². The van der Waals surface area contributed by atoms with Crippen molar-refractivity contribution in [2.24, 2.45) is 5.92 Å². The third kappa shape index (κ3) is 5.22. The second-order valence-electron chi connectivity index (χ2n) is 4.49. The Balaban J connectivity index is 2.45. The van der Waals surface area contributed by atoms with Gasteiger partial charge in [0.25, 0.3) is 5.91 Å². The molecule has 0 bridgehead atoms. The van der Waals surface area contributed by atoms with E-state index in [1.165, 1.54) is 6.07 Å². The first-order valence-corrected chi connectivity index (χ1v) is 6.62. The van der Waals surface area contributed by atoms with E-state index in [9.17, 15) is 9.90 Å². The number of alkyl halides is 1. The molecule has 17 heavy (non-hydrogen) atoms. The molecule has 1 atom stereocenters. The molecule has 0 saturated carbocycles. The molecule has 0 fully saturated rings. The summed E-state index contributed by atoms with van der Waals surface area (Å²) in [7, 11) is 0. The van der Waals surface area contributed by atoms with Gasteiger partial charge < -0.3 is 10.4 Å². The Bertz CT molecular complexity index is 379. The van der Waals surface area contributed by atoms with Gasteiger partial charge in [-0.25, -0.2) is 0 Å². The van der Waals surface area contributed by atoms with Crippen LogP contribution in [0.25, 0.3) is 0 Å². The zero-order chi connectivity index (χ0) is 12.8. The van der Waals surface area contributed by atoms with Crippen LogP contribution < -0.4 is 5.32 Å². The summed E-state index contributed by atoms with van der Waals surface area (Å²) >= 11 is 3.53. The molecule has 4 heteroatoms. The number of hydrogen-bond donors (Lipinski definition) is 2.